The van der Waals surface area contributed by atoms with Gasteiger partial charge in [0.25, 0.3) is 0 Å². The van der Waals surface area contributed by atoms with Crippen molar-refractivity contribution in [3.05, 3.63) is 28.8 Å². The van der Waals surface area contributed by atoms with Crippen LogP contribution in [0.4, 0.5) is 0 Å². The van der Waals surface area contributed by atoms with Crippen LogP contribution in [0.15, 0.2) is 18.2 Å². The van der Waals surface area contributed by atoms with Crippen LogP contribution in [0.2, 0.25) is 5.02 Å². The van der Waals surface area contributed by atoms with Crippen LogP contribution in [0.3, 0.4) is 0 Å². The molecule has 1 saturated heterocycles. The van der Waals surface area contributed by atoms with E-state index < -0.39 is 7.12 Å². The monoisotopic (exact) mass is 294 g/mol. The van der Waals surface area contributed by atoms with E-state index >= 15 is 0 Å². The van der Waals surface area contributed by atoms with Gasteiger partial charge in [-0.3, -0.25) is 0 Å². The summed E-state index contributed by atoms with van der Waals surface area (Å²) in [5, 5.41) is 0.705. The van der Waals surface area contributed by atoms with Gasteiger partial charge in [-0.15, -0.1) is 0 Å². The molecule has 1 aromatic rings. The second kappa shape index (κ2) is 4.76. The smallest absolute Gasteiger partial charge is 0.399 e. The van der Waals surface area contributed by atoms with Gasteiger partial charge in [0.15, 0.2) is 0 Å². The second-order valence-electron chi connectivity index (χ2n) is 7.57. The van der Waals surface area contributed by atoms with Crippen LogP contribution in [0.5, 0.6) is 0 Å². The molecule has 0 bridgehead atoms. The summed E-state index contributed by atoms with van der Waals surface area (Å²) in [5.41, 5.74) is 1.51. The van der Waals surface area contributed by atoms with Crippen molar-refractivity contribution in [1.82, 2.24) is 0 Å². The summed E-state index contributed by atoms with van der Waals surface area (Å²) in [6, 6.07) is 6.14. The fraction of sp³-hybridized carbons (Fsp3) is 0.625. The minimum atomic E-state index is -0.401. The van der Waals surface area contributed by atoms with Crippen molar-refractivity contribution in [3.8, 4) is 0 Å². The standard InChI is InChI=1S/C16H24BClO2/c1-14(2,3)11-8-9-12(13(18)10-11)17-19-15(4,5)16(6,7)20-17/h8-10H,1-7H3. The maximum atomic E-state index is 6.44. The predicted molar refractivity (Wildman–Crippen MR) is 85.9 cm³/mol. The highest BCUT2D eigenvalue weighted by Crippen LogP contribution is 2.37. The molecule has 4 heteroatoms. The number of benzene rings is 1. The molecule has 0 aromatic heterocycles. The van der Waals surface area contributed by atoms with Crippen LogP contribution < -0.4 is 5.46 Å². The number of rotatable bonds is 1. The Balaban J connectivity index is 2.33. The molecule has 1 heterocycles. The SMILES string of the molecule is CC(C)(C)c1ccc(B2OC(C)(C)C(C)(C)O2)c(Cl)c1. The first-order chi connectivity index (χ1) is 8.94. The number of halogens is 1. The largest absolute Gasteiger partial charge is 0.496 e. The molecule has 0 spiro atoms. The van der Waals surface area contributed by atoms with Crippen molar-refractivity contribution >= 4 is 24.2 Å². The Labute approximate surface area is 127 Å². The molecule has 1 aromatic carbocycles. The fourth-order valence-electron chi connectivity index (χ4n) is 2.15. The van der Waals surface area contributed by atoms with Crippen molar-refractivity contribution in [2.24, 2.45) is 0 Å². The minimum Gasteiger partial charge on any atom is -0.399 e. The zero-order valence-electron chi connectivity index (χ0n) is 13.5. The Morgan fingerprint density at radius 1 is 1.00 bits per heavy atom. The Morgan fingerprint density at radius 3 is 1.90 bits per heavy atom. The lowest BCUT2D eigenvalue weighted by Crippen LogP contribution is -2.41. The Morgan fingerprint density at radius 2 is 1.50 bits per heavy atom. The predicted octanol–water partition coefficient (Wildman–Crippen LogP) is 3.94. The fourth-order valence-corrected chi connectivity index (χ4v) is 2.42. The summed E-state index contributed by atoms with van der Waals surface area (Å²) in [6.07, 6.45) is 0. The molecule has 2 nitrogen and oxygen atoms in total. The summed E-state index contributed by atoms with van der Waals surface area (Å²) < 4.78 is 12.1. The van der Waals surface area contributed by atoms with Crippen molar-refractivity contribution in [3.63, 3.8) is 0 Å². The molecule has 110 valence electrons. The first-order valence-electron chi connectivity index (χ1n) is 7.10. The third-order valence-corrected chi connectivity index (χ3v) is 4.70. The average molecular weight is 295 g/mol. The van der Waals surface area contributed by atoms with Crippen LogP contribution in [0.1, 0.15) is 54.0 Å². The first-order valence-corrected chi connectivity index (χ1v) is 7.47. The maximum Gasteiger partial charge on any atom is 0.496 e. The molecular formula is C16H24BClO2. The lowest BCUT2D eigenvalue weighted by Gasteiger charge is -2.32. The van der Waals surface area contributed by atoms with Crippen molar-refractivity contribution in [1.29, 1.82) is 0 Å². The Hall–Kier alpha value is -0.505. The van der Waals surface area contributed by atoms with Crippen molar-refractivity contribution in [2.45, 2.75) is 65.1 Å². The van der Waals surface area contributed by atoms with E-state index in [9.17, 15) is 0 Å². The molecule has 1 fully saturated rings. The van der Waals surface area contributed by atoms with Crippen LogP contribution in [-0.2, 0) is 14.7 Å². The zero-order chi connectivity index (χ0) is 15.3. The topological polar surface area (TPSA) is 18.5 Å². The summed E-state index contributed by atoms with van der Waals surface area (Å²) >= 11 is 6.44. The molecule has 0 atom stereocenters. The van der Waals surface area contributed by atoms with Crippen LogP contribution >= 0.6 is 11.6 Å². The number of hydrogen-bond donors (Lipinski definition) is 0. The van der Waals surface area contributed by atoms with E-state index in [1.165, 1.54) is 5.56 Å². The Bertz CT molecular complexity index is 502. The number of hydrogen-bond acceptors (Lipinski definition) is 2. The summed E-state index contributed by atoms with van der Waals surface area (Å²) in [5.74, 6) is 0. The van der Waals surface area contributed by atoms with E-state index in [1.54, 1.807) is 0 Å². The molecule has 0 aliphatic carbocycles. The minimum absolute atomic E-state index is 0.0815. The van der Waals surface area contributed by atoms with Gasteiger partial charge in [-0.2, -0.15) is 0 Å². The zero-order valence-corrected chi connectivity index (χ0v) is 14.3. The van der Waals surface area contributed by atoms with Gasteiger partial charge in [0.1, 0.15) is 0 Å². The van der Waals surface area contributed by atoms with E-state index in [2.05, 4.69) is 26.8 Å². The van der Waals surface area contributed by atoms with Gasteiger partial charge in [-0.25, -0.2) is 0 Å². The van der Waals surface area contributed by atoms with Gasteiger partial charge in [-0.1, -0.05) is 44.5 Å². The molecule has 0 unspecified atom stereocenters. The van der Waals surface area contributed by atoms with E-state index in [-0.39, 0.29) is 16.6 Å². The maximum absolute atomic E-state index is 6.44. The Kier molecular flexibility index (Phi) is 3.78. The second-order valence-corrected chi connectivity index (χ2v) is 7.98. The molecule has 0 N–H and O–H groups in total. The molecule has 0 saturated carbocycles. The third-order valence-electron chi connectivity index (χ3n) is 4.37. The lowest BCUT2D eigenvalue weighted by atomic mass is 9.77. The molecule has 2 rings (SSSR count). The summed E-state index contributed by atoms with van der Waals surface area (Å²) in [7, 11) is -0.401. The van der Waals surface area contributed by atoms with E-state index in [1.807, 2.05) is 39.8 Å². The van der Waals surface area contributed by atoms with E-state index in [0.29, 0.717) is 5.02 Å². The molecule has 1 aliphatic rings. The van der Waals surface area contributed by atoms with Crippen LogP contribution in [-0.4, -0.2) is 18.3 Å². The quantitative estimate of drug-likeness (QED) is 0.731. The highest BCUT2D eigenvalue weighted by atomic mass is 35.5. The van der Waals surface area contributed by atoms with Crippen LogP contribution in [0.25, 0.3) is 0 Å². The summed E-state index contributed by atoms with van der Waals surface area (Å²) in [6.45, 7) is 14.7. The normalized spacial score (nSPS) is 21.3. The highest BCUT2D eigenvalue weighted by molar-refractivity contribution is 6.65. The van der Waals surface area contributed by atoms with E-state index in [4.69, 9.17) is 20.9 Å². The third kappa shape index (κ3) is 2.76. The van der Waals surface area contributed by atoms with Gasteiger partial charge < -0.3 is 9.31 Å². The van der Waals surface area contributed by atoms with Gasteiger partial charge in [-0.05, 0) is 44.7 Å². The van der Waals surface area contributed by atoms with Gasteiger partial charge >= 0.3 is 7.12 Å². The molecular weight excluding hydrogens is 270 g/mol. The lowest BCUT2D eigenvalue weighted by molar-refractivity contribution is 0.00578. The average Bonchev–Trinajstić information content (AvgIpc) is 2.46. The first kappa shape index (κ1) is 15.9. The molecule has 0 amide bonds. The molecule has 20 heavy (non-hydrogen) atoms. The van der Waals surface area contributed by atoms with Gasteiger partial charge in [0.2, 0.25) is 0 Å². The molecule has 0 radical (unpaired) electrons. The molecule has 1 aliphatic heterocycles. The summed E-state index contributed by atoms with van der Waals surface area (Å²) in [4.78, 5) is 0. The van der Waals surface area contributed by atoms with Gasteiger partial charge in [0.05, 0.1) is 11.2 Å². The van der Waals surface area contributed by atoms with Crippen molar-refractivity contribution < 1.29 is 9.31 Å². The van der Waals surface area contributed by atoms with Gasteiger partial charge in [0, 0.05) is 10.5 Å². The van der Waals surface area contributed by atoms with E-state index in [0.717, 1.165) is 5.46 Å². The van der Waals surface area contributed by atoms with Crippen LogP contribution in [0, 0.1) is 0 Å². The highest BCUT2D eigenvalue weighted by Gasteiger charge is 2.52. The van der Waals surface area contributed by atoms with Crippen molar-refractivity contribution in [2.75, 3.05) is 0 Å².